The van der Waals surface area contributed by atoms with Crippen molar-refractivity contribution in [3.8, 4) is 0 Å². The molecule has 2 aromatic heterocycles. The quantitative estimate of drug-likeness (QED) is 0.844. The molecule has 3 aliphatic rings. The Morgan fingerprint density at radius 3 is 2.31 bits per heavy atom. The predicted octanol–water partition coefficient (Wildman–Crippen LogP) is 2.16. The van der Waals surface area contributed by atoms with E-state index in [0.29, 0.717) is 6.04 Å². The normalized spacial score (nSPS) is 24.1. The second-order valence-corrected chi connectivity index (χ2v) is 7.99. The molecule has 4 heterocycles. The Morgan fingerprint density at radius 2 is 1.54 bits per heavy atom. The van der Waals surface area contributed by atoms with Crippen LogP contribution in [0.2, 0.25) is 0 Å². The highest BCUT2D eigenvalue weighted by atomic mass is 15.4. The molecule has 26 heavy (non-hydrogen) atoms. The number of pyridine rings is 1. The van der Waals surface area contributed by atoms with E-state index in [2.05, 4.69) is 35.7 Å². The van der Waals surface area contributed by atoms with E-state index in [1.807, 2.05) is 6.07 Å². The zero-order chi connectivity index (χ0) is 17.3. The Bertz CT molecular complexity index is 740. The molecule has 0 amide bonds. The summed E-state index contributed by atoms with van der Waals surface area (Å²) in [7, 11) is 0. The SMILES string of the molecule is c1cnc2ncnc(N3CC(N4CCN(C5CCCCC5)CC4)C3)c2c1. The number of hydrogen-bond acceptors (Lipinski definition) is 6. The van der Waals surface area contributed by atoms with Gasteiger partial charge in [0.05, 0.1) is 5.39 Å². The van der Waals surface area contributed by atoms with Crippen LogP contribution in [-0.2, 0) is 0 Å². The Morgan fingerprint density at radius 1 is 0.808 bits per heavy atom. The maximum Gasteiger partial charge on any atom is 0.164 e. The molecule has 138 valence electrons. The molecule has 0 atom stereocenters. The molecule has 0 N–H and O–H groups in total. The summed E-state index contributed by atoms with van der Waals surface area (Å²) < 4.78 is 0. The predicted molar refractivity (Wildman–Crippen MR) is 103 cm³/mol. The molecule has 1 saturated carbocycles. The lowest BCUT2D eigenvalue weighted by atomic mass is 9.93. The number of nitrogens with zero attached hydrogens (tertiary/aromatic N) is 6. The topological polar surface area (TPSA) is 48.4 Å². The molecular formula is C20H28N6. The summed E-state index contributed by atoms with van der Waals surface area (Å²) in [6.45, 7) is 7.10. The Hall–Kier alpha value is -1.79. The molecule has 6 heteroatoms. The largest absolute Gasteiger partial charge is 0.353 e. The first kappa shape index (κ1) is 16.4. The van der Waals surface area contributed by atoms with Crippen molar-refractivity contribution >= 4 is 16.9 Å². The van der Waals surface area contributed by atoms with Gasteiger partial charge in [-0.3, -0.25) is 9.80 Å². The van der Waals surface area contributed by atoms with Gasteiger partial charge in [0.2, 0.25) is 0 Å². The smallest absolute Gasteiger partial charge is 0.164 e. The maximum atomic E-state index is 4.53. The minimum atomic E-state index is 0.671. The standard InChI is InChI=1S/C20H28N6/c1-2-5-16(6-3-1)24-9-11-25(12-10-24)17-13-26(14-17)20-18-7-4-8-21-19(18)22-15-23-20/h4,7-8,15-17H,1-3,5-6,9-14H2. The Labute approximate surface area is 155 Å². The van der Waals surface area contributed by atoms with Gasteiger partial charge in [0.15, 0.2) is 5.65 Å². The maximum absolute atomic E-state index is 4.53. The second kappa shape index (κ2) is 7.08. The van der Waals surface area contributed by atoms with Crippen LogP contribution < -0.4 is 4.90 Å². The third kappa shape index (κ3) is 3.05. The lowest BCUT2D eigenvalue weighted by Crippen LogP contribution is -2.64. The van der Waals surface area contributed by atoms with E-state index >= 15 is 0 Å². The second-order valence-electron chi connectivity index (χ2n) is 7.99. The molecule has 1 aliphatic carbocycles. The monoisotopic (exact) mass is 352 g/mol. The van der Waals surface area contributed by atoms with Crippen LogP contribution >= 0.6 is 0 Å². The van der Waals surface area contributed by atoms with Crippen molar-refractivity contribution in [1.82, 2.24) is 24.8 Å². The van der Waals surface area contributed by atoms with Crippen LogP contribution in [0.1, 0.15) is 32.1 Å². The van der Waals surface area contributed by atoms with Gasteiger partial charge >= 0.3 is 0 Å². The van der Waals surface area contributed by atoms with Gasteiger partial charge in [0.1, 0.15) is 12.1 Å². The molecule has 0 radical (unpaired) electrons. The van der Waals surface area contributed by atoms with Crippen molar-refractivity contribution in [1.29, 1.82) is 0 Å². The average molecular weight is 352 g/mol. The van der Waals surface area contributed by atoms with Crippen molar-refractivity contribution in [2.45, 2.75) is 44.2 Å². The summed E-state index contributed by atoms with van der Waals surface area (Å²) in [5.41, 5.74) is 0.794. The first-order chi connectivity index (χ1) is 12.9. The number of fused-ring (bicyclic) bond motifs is 1. The first-order valence-corrected chi connectivity index (χ1v) is 10.2. The minimum absolute atomic E-state index is 0.671. The van der Waals surface area contributed by atoms with E-state index in [1.54, 1.807) is 12.5 Å². The molecule has 0 bridgehead atoms. The highest BCUT2D eigenvalue weighted by Gasteiger charge is 2.36. The zero-order valence-corrected chi connectivity index (χ0v) is 15.4. The van der Waals surface area contributed by atoms with Gasteiger partial charge in [-0.2, -0.15) is 0 Å². The summed E-state index contributed by atoms with van der Waals surface area (Å²) >= 11 is 0. The van der Waals surface area contributed by atoms with Gasteiger partial charge in [0, 0.05) is 57.5 Å². The van der Waals surface area contributed by atoms with E-state index in [0.717, 1.165) is 36.0 Å². The summed E-state index contributed by atoms with van der Waals surface area (Å²) in [6.07, 6.45) is 10.6. The Kier molecular flexibility index (Phi) is 4.46. The molecule has 3 fully saturated rings. The van der Waals surface area contributed by atoms with Crippen molar-refractivity contribution < 1.29 is 0 Å². The molecule has 0 spiro atoms. The summed E-state index contributed by atoms with van der Waals surface area (Å²) in [6, 6.07) is 5.58. The van der Waals surface area contributed by atoms with E-state index < -0.39 is 0 Å². The van der Waals surface area contributed by atoms with Gasteiger partial charge in [-0.05, 0) is 25.0 Å². The Balaban J connectivity index is 1.17. The third-order valence-electron chi connectivity index (χ3n) is 6.51. The highest BCUT2D eigenvalue weighted by molar-refractivity contribution is 5.86. The van der Waals surface area contributed by atoms with E-state index in [-0.39, 0.29) is 0 Å². The van der Waals surface area contributed by atoms with Crippen LogP contribution in [0.3, 0.4) is 0 Å². The van der Waals surface area contributed by atoms with Crippen molar-refractivity contribution in [2.75, 3.05) is 44.2 Å². The van der Waals surface area contributed by atoms with Gasteiger partial charge in [-0.1, -0.05) is 19.3 Å². The highest BCUT2D eigenvalue weighted by Crippen LogP contribution is 2.29. The molecular weight excluding hydrogens is 324 g/mol. The van der Waals surface area contributed by atoms with Crippen molar-refractivity contribution in [2.24, 2.45) is 0 Å². The van der Waals surface area contributed by atoms with Crippen LogP contribution in [-0.4, -0.2) is 76.1 Å². The fourth-order valence-corrected chi connectivity index (χ4v) is 4.91. The van der Waals surface area contributed by atoms with Gasteiger partial charge in [-0.15, -0.1) is 0 Å². The number of aromatic nitrogens is 3. The lowest BCUT2D eigenvalue weighted by molar-refractivity contribution is 0.0487. The third-order valence-corrected chi connectivity index (χ3v) is 6.51. The van der Waals surface area contributed by atoms with Gasteiger partial charge in [-0.25, -0.2) is 15.0 Å². The minimum Gasteiger partial charge on any atom is -0.353 e. The molecule has 0 aromatic carbocycles. The van der Waals surface area contributed by atoms with E-state index in [1.165, 1.54) is 58.3 Å². The van der Waals surface area contributed by atoms with E-state index in [9.17, 15) is 0 Å². The van der Waals surface area contributed by atoms with E-state index in [4.69, 9.17) is 0 Å². The first-order valence-electron chi connectivity index (χ1n) is 10.2. The molecule has 6 nitrogen and oxygen atoms in total. The number of hydrogen-bond donors (Lipinski definition) is 0. The van der Waals surface area contributed by atoms with Gasteiger partial charge < -0.3 is 4.90 Å². The number of piperazine rings is 1. The average Bonchev–Trinajstić information content (AvgIpc) is 2.68. The molecule has 2 aliphatic heterocycles. The summed E-state index contributed by atoms with van der Waals surface area (Å²) in [5.74, 6) is 1.04. The number of anilines is 1. The van der Waals surface area contributed by atoms with Crippen molar-refractivity contribution in [3.05, 3.63) is 24.7 Å². The van der Waals surface area contributed by atoms with Gasteiger partial charge in [0.25, 0.3) is 0 Å². The molecule has 5 rings (SSSR count). The van der Waals surface area contributed by atoms with Crippen molar-refractivity contribution in [3.63, 3.8) is 0 Å². The zero-order valence-electron chi connectivity index (χ0n) is 15.4. The lowest BCUT2D eigenvalue weighted by Gasteiger charge is -2.50. The molecule has 2 saturated heterocycles. The van der Waals surface area contributed by atoms with Crippen LogP contribution in [0.25, 0.3) is 11.0 Å². The summed E-state index contributed by atoms with van der Waals surface area (Å²) in [5, 5.41) is 1.07. The number of rotatable bonds is 3. The molecule has 2 aromatic rings. The molecule has 0 unspecified atom stereocenters. The summed E-state index contributed by atoms with van der Waals surface area (Å²) in [4.78, 5) is 21.0. The van der Waals surface area contributed by atoms with Crippen LogP contribution in [0.4, 0.5) is 5.82 Å². The fourth-order valence-electron chi connectivity index (χ4n) is 4.91. The van der Waals surface area contributed by atoms with Crippen LogP contribution in [0.5, 0.6) is 0 Å². The fraction of sp³-hybridized carbons (Fsp3) is 0.650. The van der Waals surface area contributed by atoms with Crippen LogP contribution in [0, 0.1) is 0 Å². The van der Waals surface area contributed by atoms with Crippen LogP contribution in [0.15, 0.2) is 24.7 Å².